The Morgan fingerprint density at radius 3 is 2.06 bits per heavy atom. The van der Waals surface area contributed by atoms with Crippen LogP contribution in [-0.4, -0.2) is 25.8 Å². The van der Waals surface area contributed by atoms with Crippen LogP contribution in [-0.2, 0) is 10.0 Å². The van der Waals surface area contributed by atoms with Crippen LogP contribution >= 0.6 is 0 Å². The van der Waals surface area contributed by atoms with Gasteiger partial charge in [-0.3, -0.25) is 0 Å². The van der Waals surface area contributed by atoms with Crippen LogP contribution in [0.25, 0.3) is 0 Å². The fourth-order valence-corrected chi connectivity index (χ4v) is 2.86. The van der Waals surface area contributed by atoms with Crippen molar-refractivity contribution in [3.63, 3.8) is 0 Å². The van der Waals surface area contributed by atoms with E-state index in [4.69, 9.17) is 5.53 Å². The Morgan fingerprint density at radius 1 is 1.19 bits per heavy atom. The number of nitrogens with zero attached hydrogens (tertiary/aromatic N) is 3. The maximum Gasteiger partial charge on any atom is 0.243 e. The van der Waals surface area contributed by atoms with E-state index in [1.165, 1.54) is 28.6 Å². The van der Waals surface area contributed by atoms with E-state index in [1.807, 2.05) is 0 Å². The minimum absolute atomic E-state index is 0.212. The summed E-state index contributed by atoms with van der Waals surface area (Å²) < 4.78 is 25.4. The van der Waals surface area contributed by atoms with Gasteiger partial charge in [0.05, 0.1) is 10.6 Å². The van der Waals surface area contributed by atoms with Crippen molar-refractivity contribution in [1.82, 2.24) is 9.84 Å². The lowest BCUT2D eigenvalue weighted by atomic mass is 10.3. The first-order valence-corrected chi connectivity index (χ1v) is 6.45. The lowest BCUT2D eigenvalue weighted by Crippen LogP contribution is -2.30. The smallest absolute Gasteiger partial charge is 0.207 e. The molecule has 0 amide bonds. The molecule has 0 aliphatic carbocycles. The minimum Gasteiger partial charge on any atom is -0.207 e. The largest absolute Gasteiger partial charge is 0.243 e. The minimum atomic E-state index is -3.42. The van der Waals surface area contributed by atoms with E-state index >= 15 is 0 Å². The zero-order valence-corrected chi connectivity index (χ0v) is 10.1. The maximum atomic E-state index is 12.0. The molecular formula is C10H14N3O2S. The fourth-order valence-electron chi connectivity index (χ4n) is 1.40. The van der Waals surface area contributed by atoms with E-state index < -0.39 is 10.0 Å². The van der Waals surface area contributed by atoms with Crippen LogP contribution < -0.4 is 5.53 Å². The predicted molar refractivity (Wildman–Crippen MR) is 60.8 cm³/mol. The van der Waals surface area contributed by atoms with E-state index in [2.05, 4.69) is 5.11 Å². The third-order valence-electron chi connectivity index (χ3n) is 2.30. The molecule has 0 saturated heterocycles. The van der Waals surface area contributed by atoms with E-state index in [0.29, 0.717) is 18.8 Å². The van der Waals surface area contributed by atoms with Gasteiger partial charge >= 0.3 is 0 Å². The first-order valence-electron chi connectivity index (χ1n) is 5.01. The summed E-state index contributed by atoms with van der Waals surface area (Å²) in [5, 5.41) is 2.97. The molecule has 0 aliphatic heterocycles. The van der Waals surface area contributed by atoms with Crippen molar-refractivity contribution < 1.29 is 8.42 Å². The lowest BCUT2D eigenvalue weighted by Gasteiger charge is -2.18. The van der Waals surface area contributed by atoms with Gasteiger partial charge in [0, 0.05) is 13.1 Å². The Kier molecular flexibility index (Phi) is 4.14. The SMILES string of the molecule is CCN(CC)S(=O)(=O)c1ccc(N=[N])cc1. The third-order valence-corrected chi connectivity index (χ3v) is 4.36. The van der Waals surface area contributed by atoms with Gasteiger partial charge in [0.1, 0.15) is 0 Å². The van der Waals surface area contributed by atoms with E-state index in [9.17, 15) is 8.42 Å². The molecule has 1 radical (unpaired) electrons. The van der Waals surface area contributed by atoms with Gasteiger partial charge in [-0.25, -0.2) is 8.42 Å². The van der Waals surface area contributed by atoms with E-state index in [-0.39, 0.29) is 4.90 Å². The normalized spacial score (nSPS) is 11.7. The summed E-state index contributed by atoms with van der Waals surface area (Å²) in [6, 6.07) is 5.78. The van der Waals surface area contributed by atoms with Gasteiger partial charge in [-0.1, -0.05) is 13.8 Å². The highest BCUT2D eigenvalue weighted by Crippen LogP contribution is 2.19. The van der Waals surface area contributed by atoms with Crippen molar-refractivity contribution in [1.29, 1.82) is 0 Å². The van der Waals surface area contributed by atoms with Gasteiger partial charge in [0.2, 0.25) is 10.0 Å². The van der Waals surface area contributed by atoms with E-state index in [1.54, 1.807) is 13.8 Å². The van der Waals surface area contributed by atoms with Crippen LogP contribution in [0.2, 0.25) is 0 Å². The second kappa shape index (κ2) is 5.18. The Labute approximate surface area is 95.6 Å². The Morgan fingerprint density at radius 2 is 1.69 bits per heavy atom. The second-order valence-corrected chi connectivity index (χ2v) is 5.12. The number of hydrogen-bond donors (Lipinski definition) is 0. The molecule has 0 bridgehead atoms. The number of hydrogen-bond acceptors (Lipinski definition) is 3. The molecule has 1 rings (SSSR count). The van der Waals surface area contributed by atoms with E-state index in [0.717, 1.165) is 0 Å². The van der Waals surface area contributed by atoms with Crippen LogP contribution in [0.1, 0.15) is 13.8 Å². The summed E-state index contributed by atoms with van der Waals surface area (Å²) in [6.45, 7) is 4.45. The van der Waals surface area contributed by atoms with Crippen LogP contribution in [0.15, 0.2) is 34.3 Å². The molecule has 16 heavy (non-hydrogen) atoms. The van der Waals surface area contributed by atoms with Crippen LogP contribution in [0.5, 0.6) is 0 Å². The second-order valence-electron chi connectivity index (χ2n) is 3.18. The van der Waals surface area contributed by atoms with Gasteiger partial charge in [0.15, 0.2) is 0 Å². The first kappa shape index (κ1) is 12.8. The van der Waals surface area contributed by atoms with Gasteiger partial charge in [-0.15, -0.1) is 5.11 Å². The highest BCUT2D eigenvalue weighted by molar-refractivity contribution is 7.89. The third kappa shape index (κ3) is 2.45. The monoisotopic (exact) mass is 240 g/mol. The highest BCUT2D eigenvalue weighted by atomic mass is 32.2. The summed E-state index contributed by atoms with van der Waals surface area (Å²) in [5.41, 5.74) is 8.83. The topological polar surface area (TPSA) is 72.0 Å². The first-order chi connectivity index (χ1) is 7.56. The quantitative estimate of drug-likeness (QED) is 0.733. The van der Waals surface area contributed by atoms with Crippen molar-refractivity contribution in [2.45, 2.75) is 18.7 Å². The number of benzene rings is 1. The predicted octanol–water partition coefficient (Wildman–Crippen LogP) is 1.60. The Hall–Kier alpha value is -1.27. The van der Waals surface area contributed by atoms with Crippen molar-refractivity contribution >= 4 is 15.7 Å². The summed E-state index contributed by atoms with van der Waals surface area (Å²) in [5.74, 6) is 0. The summed E-state index contributed by atoms with van der Waals surface area (Å²) in [6.07, 6.45) is 0. The molecule has 0 saturated carbocycles. The molecule has 0 fully saturated rings. The van der Waals surface area contributed by atoms with Gasteiger partial charge in [-0.2, -0.15) is 4.31 Å². The molecule has 87 valence electrons. The maximum absolute atomic E-state index is 12.0. The average molecular weight is 240 g/mol. The molecule has 6 heteroatoms. The van der Waals surface area contributed by atoms with Crippen LogP contribution in [0.4, 0.5) is 5.69 Å². The molecule has 0 N–H and O–H groups in total. The summed E-state index contributed by atoms with van der Waals surface area (Å²) in [4.78, 5) is 0.212. The molecule has 0 atom stereocenters. The van der Waals surface area contributed by atoms with Crippen molar-refractivity contribution in [2.75, 3.05) is 13.1 Å². The van der Waals surface area contributed by atoms with Gasteiger partial charge in [-0.05, 0) is 29.8 Å². The number of sulfonamides is 1. The molecule has 1 aromatic carbocycles. The zero-order valence-electron chi connectivity index (χ0n) is 9.29. The summed E-state index contributed by atoms with van der Waals surface area (Å²) >= 11 is 0. The molecular weight excluding hydrogens is 226 g/mol. The number of rotatable bonds is 5. The lowest BCUT2D eigenvalue weighted by molar-refractivity contribution is 0.445. The highest BCUT2D eigenvalue weighted by Gasteiger charge is 2.20. The molecule has 5 nitrogen and oxygen atoms in total. The van der Waals surface area contributed by atoms with Crippen molar-refractivity contribution in [3.05, 3.63) is 24.3 Å². The zero-order chi connectivity index (χ0) is 12.2. The fraction of sp³-hybridized carbons (Fsp3) is 0.400. The average Bonchev–Trinajstić information content (AvgIpc) is 2.30. The summed E-state index contributed by atoms with van der Waals surface area (Å²) in [7, 11) is -3.42. The van der Waals surface area contributed by atoms with Crippen molar-refractivity contribution in [3.8, 4) is 0 Å². The molecule has 0 spiro atoms. The Balaban J connectivity index is 3.11. The standard InChI is InChI=1S/C10H14N3O2S/c1-3-13(4-2)16(14,15)10-7-5-9(12-11)6-8-10/h5-8H,3-4H2,1-2H3. The molecule has 0 heterocycles. The molecule has 0 unspecified atom stereocenters. The Bertz CT molecular complexity index is 449. The van der Waals surface area contributed by atoms with Crippen LogP contribution in [0.3, 0.4) is 0 Å². The van der Waals surface area contributed by atoms with Crippen LogP contribution in [0, 0.1) is 0 Å². The van der Waals surface area contributed by atoms with Gasteiger partial charge < -0.3 is 0 Å². The van der Waals surface area contributed by atoms with Crippen molar-refractivity contribution in [2.24, 2.45) is 5.11 Å². The molecule has 0 aliphatic rings. The molecule has 0 aromatic heterocycles. The van der Waals surface area contributed by atoms with Gasteiger partial charge in [0.25, 0.3) is 0 Å². The molecule has 1 aromatic rings.